The summed E-state index contributed by atoms with van der Waals surface area (Å²) in [5.41, 5.74) is 0. The van der Waals surface area contributed by atoms with Gasteiger partial charge in [0.1, 0.15) is 6.10 Å². The lowest BCUT2D eigenvalue weighted by Gasteiger charge is -2.24. The minimum Gasteiger partial charge on any atom is -0.462 e. The molecule has 61 heavy (non-hydrogen) atoms. The molecule has 0 bridgehead atoms. The van der Waals surface area contributed by atoms with Gasteiger partial charge in [-0.05, 0) is 70.6 Å². The van der Waals surface area contributed by atoms with Crippen LogP contribution in [0, 0.1) is 0 Å². The number of hydrogen-bond acceptors (Lipinski definition) is 5. The van der Waals surface area contributed by atoms with Gasteiger partial charge in [-0.3, -0.25) is 9.59 Å². The normalized spacial score (nSPS) is 13.7. The first-order valence-corrected chi connectivity index (χ1v) is 26.1. The summed E-state index contributed by atoms with van der Waals surface area (Å²) in [7, 11) is 0. The third-order valence-corrected chi connectivity index (χ3v) is 11.7. The quantitative estimate of drug-likeness (QED) is 0.0245. The van der Waals surface area contributed by atoms with Gasteiger partial charge in [-0.15, -0.1) is 0 Å². The second kappa shape index (κ2) is 48.6. The molecule has 6 heteroatoms. The fourth-order valence-corrected chi connectivity index (χ4v) is 7.73. The third-order valence-electron chi connectivity index (χ3n) is 11.7. The Kier molecular flexibility index (Phi) is 46.6. The van der Waals surface area contributed by atoms with Crippen molar-refractivity contribution in [1.29, 1.82) is 0 Å². The van der Waals surface area contributed by atoms with Crippen molar-refractivity contribution in [3.63, 3.8) is 0 Å². The van der Waals surface area contributed by atoms with E-state index < -0.39 is 18.2 Å². The number of allylic oxidation sites excluding steroid dienone is 10. The van der Waals surface area contributed by atoms with Crippen LogP contribution in [0.2, 0.25) is 0 Å². The Balaban J connectivity index is 4.61. The van der Waals surface area contributed by atoms with E-state index in [2.05, 4.69) is 62.5 Å². The first-order chi connectivity index (χ1) is 30.0. The molecular weight excluding hydrogens is 755 g/mol. The second-order valence-corrected chi connectivity index (χ2v) is 17.6. The predicted molar refractivity (Wildman–Crippen MR) is 264 cm³/mol. The monoisotopic (exact) mass is 854 g/mol. The van der Waals surface area contributed by atoms with Gasteiger partial charge in [-0.1, -0.05) is 229 Å². The van der Waals surface area contributed by atoms with Crippen LogP contribution < -0.4 is 5.32 Å². The highest BCUT2D eigenvalue weighted by atomic mass is 16.5. The Bertz CT molecular complexity index is 1090. The lowest BCUT2D eigenvalue weighted by Crippen LogP contribution is -2.46. The summed E-state index contributed by atoms with van der Waals surface area (Å²) in [6, 6.07) is -0.716. The molecule has 1 amide bonds. The van der Waals surface area contributed by atoms with Gasteiger partial charge in [0.2, 0.25) is 5.91 Å². The zero-order valence-corrected chi connectivity index (χ0v) is 40.3. The standard InChI is InChI=1S/C55H99NO5/c1-4-7-10-13-16-19-22-25-26-27-28-30-33-36-39-42-45-48-55(60)61-51(46-43-40-37-34-31-29-23-20-17-14-11-8-5-2)49-54(59)56-52(50-57)53(58)47-44-41-38-35-32-24-21-18-15-12-9-6-3/h8,11,14,17,20,23,25-26,29,31,51-53,57-58H,4-7,9-10,12-13,15-16,18-19,21-22,24,27-28,30,32-50H2,1-3H3,(H,56,59)/b11-8+,17-14+,23-20+,26-25+,31-29-. The summed E-state index contributed by atoms with van der Waals surface area (Å²) in [5, 5.41) is 23.7. The molecule has 3 unspecified atom stereocenters. The van der Waals surface area contributed by atoms with Crippen molar-refractivity contribution in [3.05, 3.63) is 60.8 Å². The number of aliphatic hydroxyl groups is 2. The Morgan fingerprint density at radius 1 is 0.492 bits per heavy atom. The van der Waals surface area contributed by atoms with Crippen molar-refractivity contribution < 1.29 is 24.5 Å². The molecule has 0 saturated carbocycles. The van der Waals surface area contributed by atoms with Crippen LogP contribution in [-0.2, 0) is 14.3 Å². The van der Waals surface area contributed by atoms with Crippen LogP contribution in [0.25, 0.3) is 0 Å². The molecule has 3 N–H and O–H groups in total. The molecule has 0 saturated heterocycles. The Hall–Kier alpha value is -2.44. The van der Waals surface area contributed by atoms with E-state index >= 15 is 0 Å². The number of aliphatic hydroxyl groups excluding tert-OH is 2. The van der Waals surface area contributed by atoms with Crippen LogP contribution in [0.3, 0.4) is 0 Å². The molecule has 0 radical (unpaired) electrons. The van der Waals surface area contributed by atoms with Crippen molar-refractivity contribution in [2.75, 3.05) is 6.61 Å². The third kappa shape index (κ3) is 44.0. The van der Waals surface area contributed by atoms with Gasteiger partial charge in [-0.25, -0.2) is 0 Å². The smallest absolute Gasteiger partial charge is 0.306 e. The summed E-state index contributed by atoms with van der Waals surface area (Å²) >= 11 is 0. The number of unbranched alkanes of at least 4 members (excludes halogenated alkanes) is 27. The summed E-state index contributed by atoms with van der Waals surface area (Å²) < 4.78 is 5.92. The number of nitrogens with one attached hydrogen (secondary N) is 1. The van der Waals surface area contributed by atoms with E-state index in [1.54, 1.807) is 0 Å². The van der Waals surface area contributed by atoms with Gasteiger partial charge in [-0.2, -0.15) is 0 Å². The Morgan fingerprint density at radius 2 is 0.902 bits per heavy atom. The fourth-order valence-electron chi connectivity index (χ4n) is 7.73. The molecule has 0 aromatic heterocycles. The number of amides is 1. The molecule has 0 aromatic rings. The van der Waals surface area contributed by atoms with E-state index in [9.17, 15) is 19.8 Å². The van der Waals surface area contributed by atoms with Crippen molar-refractivity contribution in [2.45, 2.75) is 270 Å². The number of ether oxygens (including phenoxy) is 1. The molecule has 6 nitrogen and oxygen atoms in total. The van der Waals surface area contributed by atoms with E-state index in [1.165, 1.54) is 135 Å². The van der Waals surface area contributed by atoms with Crippen molar-refractivity contribution in [3.8, 4) is 0 Å². The number of rotatable bonds is 46. The van der Waals surface area contributed by atoms with Crippen LogP contribution in [0.5, 0.6) is 0 Å². The van der Waals surface area contributed by atoms with Crippen LogP contribution in [-0.4, -0.2) is 46.9 Å². The topological polar surface area (TPSA) is 95.9 Å². The highest BCUT2D eigenvalue weighted by Gasteiger charge is 2.24. The van der Waals surface area contributed by atoms with Gasteiger partial charge >= 0.3 is 5.97 Å². The molecule has 0 fully saturated rings. The first-order valence-electron chi connectivity index (χ1n) is 26.1. The number of carbonyl (C=O) groups excluding carboxylic acids is 2. The van der Waals surface area contributed by atoms with Crippen LogP contribution >= 0.6 is 0 Å². The second-order valence-electron chi connectivity index (χ2n) is 17.6. The molecule has 0 aliphatic rings. The molecule has 0 spiro atoms. The maximum atomic E-state index is 13.2. The Morgan fingerprint density at radius 3 is 1.41 bits per heavy atom. The summed E-state index contributed by atoms with van der Waals surface area (Å²) in [6.45, 7) is 6.33. The first kappa shape index (κ1) is 58.6. The predicted octanol–water partition coefficient (Wildman–Crippen LogP) is 15.6. The molecule has 0 heterocycles. The van der Waals surface area contributed by atoms with Crippen molar-refractivity contribution in [1.82, 2.24) is 5.32 Å². The van der Waals surface area contributed by atoms with E-state index in [1.807, 2.05) is 24.3 Å². The average Bonchev–Trinajstić information content (AvgIpc) is 3.25. The minimum absolute atomic E-state index is 0.0491. The average molecular weight is 854 g/mol. The lowest BCUT2D eigenvalue weighted by atomic mass is 10.0. The van der Waals surface area contributed by atoms with Crippen LogP contribution in [0.1, 0.15) is 252 Å². The zero-order valence-electron chi connectivity index (χ0n) is 40.3. The van der Waals surface area contributed by atoms with E-state index in [0.29, 0.717) is 19.3 Å². The zero-order chi connectivity index (χ0) is 44.5. The van der Waals surface area contributed by atoms with E-state index in [4.69, 9.17) is 4.74 Å². The van der Waals surface area contributed by atoms with Crippen LogP contribution in [0.15, 0.2) is 60.8 Å². The van der Waals surface area contributed by atoms with Gasteiger partial charge in [0.05, 0.1) is 25.2 Å². The number of hydrogen-bond donors (Lipinski definition) is 3. The largest absolute Gasteiger partial charge is 0.462 e. The SMILES string of the molecule is CC/C=C/C=C/C=C/C=C\CCCCCC(CC(=O)NC(CO)C(O)CCCCCCCCCCCCCC)OC(=O)CCCCCCCCC/C=C/CCCCCCCC. The summed E-state index contributed by atoms with van der Waals surface area (Å²) in [6.07, 6.45) is 59.9. The highest BCUT2D eigenvalue weighted by Crippen LogP contribution is 2.17. The van der Waals surface area contributed by atoms with E-state index in [0.717, 1.165) is 70.6 Å². The van der Waals surface area contributed by atoms with E-state index in [-0.39, 0.29) is 24.9 Å². The molecule has 0 aliphatic heterocycles. The molecule has 0 aromatic carbocycles. The van der Waals surface area contributed by atoms with Crippen LogP contribution in [0.4, 0.5) is 0 Å². The lowest BCUT2D eigenvalue weighted by molar-refractivity contribution is -0.151. The number of carbonyl (C=O) groups is 2. The maximum absolute atomic E-state index is 13.2. The molecule has 0 rings (SSSR count). The summed E-state index contributed by atoms with van der Waals surface area (Å²) in [5.74, 6) is -0.516. The number of esters is 1. The van der Waals surface area contributed by atoms with Gasteiger partial charge in [0.15, 0.2) is 0 Å². The van der Waals surface area contributed by atoms with Gasteiger partial charge in [0, 0.05) is 6.42 Å². The van der Waals surface area contributed by atoms with Crippen molar-refractivity contribution in [2.24, 2.45) is 0 Å². The highest BCUT2D eigenvalue weighted by molar-refractivity contribution is 5.77. The van der Waals surface area contributed by atoms with Gasteiger partial charge in [0.25, 0.3) is 0 Å². The molecular formula is C55H99NO5. The Labute approximate surface area is 378 Å². The molecule has 3 atom stereocenters. The maximum Gasteiger partial charge on any atom is 0.306 e. The summed E-state index contributed by atoms with van der Waals surface area (Å²) in [4.78, 5) is 26.1. The fraction of sp³-hybridized carbons (Fsp3) is 0.782. The minimum atomic E-state index is -0.800. The van der Waals surface area contributed by atoms with Gasteiger partial charge < -0.3 is 20.3 Å². The molecule has 354 valence electrons. The molecule has 0 aliphatic carbocycles. The van der Waals surface area contributed by atoms with Crippen molar-refractivity contribution >= 4 is 11.9 Å².